The van der Waals surface area contributed by atoms with E-state index in [1.54, 1.807) is 0 Å². The van der Waals surface area contributed by atoms with E-state index in [4.69, 9.17) is 9.84 Å². The van der Waals surface area contributed by atoms with Crippen molar-refractivity contribution in [1.29, 1.82) is 0 Å². The predicted octanol–water partition coefficient (Wildman–Crippen LogP) is 1.06. The summed E-state index contributed by atoms with van der Waals surface area (Å²) in [6, 6.07) is 0. The quantitative estimate of drug-likeness (QED) is 0.653. The van der Waals surface area contributed by atoms with E-state index in [0.717, 1.165) is 0 Å². The summed E-state index contributed by atoms with van der Waals surface area (Å²) in [5.74, 6) is 0.108. The smallest absolute Gasteiger partial charge is 0.165 e. The first-order chi connectivity index (χ1) is 6.27. The number of carbonyl (C=O) groups excluding carboxylic acids is 1. The number of ether oxygens (including phenoxy) is 1. The van der Waals surface area contributed by atoms with Crippen molar-refractivity contribution >= 4 is 5.78 Å². The molecule has 1 aliphatic heterocycles. The second kappa shape index (κ2) is 5.14. The first kappa shape index (κ1) is 10.4. The Labute approximate surface area is 78.4 Å². The molecule has 0 unspecified atom stereocenters. The maximum atomic E-state index is 11.4. The Morgan fingerprint density at radius 3 is 3.00 bits per heavy atom. The largest absolute Gasteiger partial charge is 0.394 e. The Bertz CT molecular complexity index is 198. The third-order valence-electron chi connectivity index (χ3n) is 2.17. The number of ketones is 1. The molecule has 74 valence electrons. The number of Topliss-reactive ketones (excluding diaryl/α,β-unsaturated/α-hetero) is 1. The first-order valence-corrected chi connectivity index (χ1v) is 4.72. The summed E-state index contributed by atoms with van der Waals surface area (Å²) in [6.07, 6.45) is 5.04. The molecular formula is C10H16O3. The maximum Gasteiger partial charge on any atom is 0.165 e. The van der Waals surface area contributed by atoms with Gasteiger partial charge in [0.25, 0.3) is 0 Å². The number of hydrogen-bond acceptors (Lipinski definition) is 3. The Morgan fingerprint density at radius 1 is 1.62 bits per heavy atom. The maximum absolute atomic E-state index is 11.4. The van der Waals surface area contributed by atoms with E-state index < -0.39 is 0 Å². The van der Waals surface area contributed by atoms with E-state index in [2.05, 4.69) is 0 Å². The minimum absolute atomic E-state index is 0.0197. The second-order valence-corrected chi connectivity index (χ2v) is 3.22. The third kappa shape index (κ3) is 2.94. The molecule has 0 amide bonds. The average Bonchev–Trinajstić information content (AvgIpc) is 2.13. The molecule has 1 N–H and O–H groups in total. The molecule has 0 aliphatic carbocycles. The van der Waals surface area contributed by atoms with Gasteiger partial charge in [-0.05, 0) is 12.8 Å². The molecule has 3 nitrogen and oxygen atoms in total. The van der Waals surface area contributed by atoms with Gasteiger partial charge in [0.2, 0.25) is 0 Å². The lowest BCUT2D eigenvalue weighted by Gasteiger charge is -2.22. The summed E-state index contributed by atoms with van der Waals surface area (Å²) in [5, 5.41) is 8.94. The fourth-order valence-electron chi connectivity index (χ4n) is 1.38. The van der Waals surface area contributed by atoms with Gasteiger partial charge in [-0.1, -0.05) is 19.1 Å². The summed E-state index contributed by atoms with van der Waals surface area (Å²) < 4.78 is 5.45. The molecule has 0 saturated heterocycles. The molecule has 0 saturated carbocycles. The van der Waals surface area contributed by atoms with Crippen molar-refractivity contribution in [2.24, 2.45) is 0 Å². The number of hydrogen-bond donors (Lipinski definition) is 1. The van der Waals surface area contributed by atoms with Crippen molar-refractivity contribution in [2.45, 2.75) is 38.4 Å². The van der Waals surface area contributed by atoms with Crippen LogP contribution in [0, 0.1) is 0 Å². The molecule has 0 spiro atoms. The van der Waals surface area contributed by atoms with Crippen LogP contribution in [0.3, 0.4) is 0 Å². The van der Waals surface area contributed by atoms with Gasteiger partial charge >= 0.3 is 0 Å². The van der Waals surface area contributed by atoms with E-state index in [-0.39, 0.29) is 24.6 Å². The fourth-order valence-corrected chi connectivity index (χ4v) is 1.38. The molecule has 2 atom stereocenters. The number of carbonyl (C=O) groups is 1. The van der Waals surface area contributed by atoms with E-state index in [0.29, 0.717) is 19.3 Å². The van der Waals surface area contributed by atoms with Crippen LogP contribution in [0.2, 0.25) is 0 Å². The summed E-state index contributed by atoms with van der Waals surface area (Å²) in [4.78, 5) is 11.4. The van der Waals surface area contributed by atoms with Gasteiger partial charge in [-0.3, -0.25) is 4.79 Å². The number of aliphatic hydroxyl groups excluding tert-OH is 1. The zero-order chi connectivity index (χ0) is 9.68. The van der Waals surface area contributed by atoms with Crippen LogP contribution >= 0.6 is 0 Å². The van der Waals surface area contributed by atoms with Gasteiger partial charge in [0.1, 0.15) is 6.10 Å². The van der Waals surface area contributed by atoms with Gasteiger partial charge in [0.05, 0.1) is 12.7 Å². The molecular weight excluding hydrogens is 168 g/mol. The summed E-state index contributed by atoms with van der Waals surface area (Å²) >= 11 is 0. The molecule has 0 bridgehead atoms. The molecule has 1 rings (SSSR count). The topological polar surface area (TPSA) is 46.5 Å². The Morgan fingerprint density at radius 2 is 2.38 bits per heavy atom. The molecule has 0 radical (unpaired) electrons. The van der Waals surface area contributed by atoms with Crippen LogP contribution in [-0.2, 0) is 9.53 Å². The molecule has 1 aliphatic rings. The minimum Gasteiger partial charge on any atom is -0.394 e. The monoisotopic (exact) mass is 184 g/mol. The van der Waals surface area contributed by atoms with Crippen molar-refractivity contribution in [3.8, 4) is 0 Å². The van der Waals surface area contributed by atoms with Crippen LogP contribution in [0.25, 0.3) is 0 Å². The van der Waals surface area contributed by atoms with Crippen LogP contribution in [-0.4, -0.2) is 29.7 Å². The highest BCUT2D eigenvalue weighted by atomic mass is 16.5. The molecule has 3 heteroatoms. The van der Waals surface area contributed by atoms with Gasteiger partial charge in [-0.2, -0.15) is 0 Å². The molecule has 0 aromatic heterocycles. The standard InChI is InChI=1S/C10H16O3/c1-2-10-9(12)6-4-3-5-8(7-11)13-10/h3-4,8,10-11H,2,5-7H2,1H3/t8-,10-/m1/s1. The lowest BCUT2D eigenvalue weighted by Crippen LogP contribution is -2.31. The van der Waals surface area contributed by atoms with E-state index in [9.17, 15) is 4.79 Å². The van der Waals surface area contributed by atoms with Crippen LogP contribution in [0.15, 0.2) is 12.2 Å². The van der Waals surface area contributed by atoms with Crippen molar-refractivity contribution in [2.75, 3.05) is 6.61 Å². The van der Waals surface area contributed by atoms with Crippen LogP contribution in [0.5, 0.6) is 0 Å². The Hall–Kier alpha value is -0.670. The zero-order valence-corrected chi connectivity index (χ0v) is 7.90. The second-order valence-electron chi connectivity index (χ2n) is 3.22. The van der Waals surface area contributed by atoms with E-state index >= 15 is 0 Å². The highest BCUT2D eigenvalue weighted by Gasteiger charge is 2.21. The molecule has 1 heterocycles. The number of aliphatic hydroxyl groups is 1. The Kier molecular flexibility index (Phi) is 4.12. The van der Waals surface area contributed by atoms with Gasteiger partial charge < -0.3 is 9.84 Å². The molecule has 0 aromatic rings. The minimum atomic E-state index is -0.331. The average molecular weight is 184 g/mol. The number of allylic oxidation sites excluding steroid dienone is 1. The highest BCUT2D eigenvalue weighted by Crippen LogP contribution is 2.12. The fraction of sp³-hybridized carbons (Fsp3) is 0.700. The summed E-state index contributed by atoms with van der Waals surface area (Å²) in [6.45, 7) is 1.90. The lowest BCUT2D eigenvalue weighted by molar-refractivity contribution is -0.135. The van der Waals surface area contributed by atoms with E-state index in [1.165, 1.54) is 0 Å². The third-order valence-corrected chi connectivity index (χ3v) is 2.17. The van der Waals surface area contributed by atoms with E-state index in [1.807, 2.05) is 19.1 Å². The molecule has 13 heavy (non-hydrogen) atoms. The lowest BCUT2D eigenvalue weighted by atomic mass is 10.1. The van der Waals surface area contributed by atoms with Gasteiger partial charge in [0.15, 0.2) is 5.78 Å². The van der Waals surface area contributed by atoms with Crippen LogP contribution in [0.1, 0.15) is 26.2 Å². The van der Waals surface area contributed by atoms with Crippen molar-refractivity contribution in [1.82, 2.24) is 0 Å². The number of rotatable bonds is 2. The predicted molar refractivity (Wildman–Crippen MR) is 49.4 cm³/mol. The SMILES string of the molecule is CC[C@H]1O[C@@H](CO)CC=CCC1=O. The van der Waals surface area contributed by atoms with Crippen LogP contribution in [0.4, 0.5) is 0 Å². The Balaban J connectivity index is 2.62. The van der Waals surface area contributed by atoms with Crippen molar-refractivity contribution in [3.63, 3.8) is 0 Å². The zero-order valence-electron chi connectivity index (χ0n) is 7.90. The summed E-state index contributed by atoms with van der Waals surface area (Å²) in [5.41, 5.74) is 0. The summed E-state index contributed by atoms with van der Waals surface area (Å²) in [7, 11) is 0. The molecule has 0 aromatic carbocycles. The van der Waals surface area contributed by atoms with Gasteiger partial charge in [-0.25, -0.2) is 0 Å². The van der Waals surface area contributed by atoms with Gasteiger partial charge in [-0.15, -0.1) is 0 Å². The van der Waals surface area contributed by atoms with Crippen molar-refractivity contribution in [3.05, 3.63) is 12.2 Å². The van der Waals surface area contributed by atoms with Crippen molar-refractivity contribution < 1.29 is 14.6 Å². The normalized spacial score (nSPS) is 29.8. The molecule has 0 fully saturated rings. The first-order valence-electron chi connectivity index (χ1n) is 4.72. The van der Waals surface area contributed by atoms with Gasteiger partial charge in [0, 0.05) is 6.42 Å². The van der Waals surface area contributed by atoms with Crippen LogP contribution < -0.4 is 0 Å². The highest BCUT2D eigenvalue weighted by molar-refractivity contribution is 5.84.